The summed E-state index contributed by atoms with van der Waals surface area (Å²) in [5, 5.41) is 4.53. The van der Waals surface area contributed by atoms with E-state index in [1.54, 1.807) is 26.1 Å². The Bertz CT molecular complexity index is 607. The van der Waals surface area contributed by atoms with Gasteiger partial charge < -0.3 is 0 Å². The molecule has 0 aliphatic carbocycles. The quantitative estimate of drug-likeness (QED) is 0.801. The number of carbonyl (C=O) groups is 1. The van der Waals surface area contributed by atoms with E-state index in [9.17, 15) is 9.18 Å². The van der Waals surface area contributed by atoms with Crippen LogP contribution in [0.2, 0.25) is 5.15 Å². The molecule has 0 saturated carbocycles. The summed E-state index contributed by atoms with van der Waals surface area (Å²) in [4.78, 5) is 12.0. The second kappa shape index (κ2) is 4.90. The van der Waals surface area contributed by atoms with Gasteiger partial charge in [-0.15, -0.1) is 0 Å². The molecule has 5 heteroatoms. The number of halogens is 2. The molecule has 1 aromatic heterocycles. The first-order valence-corrected chi connectivity index (χ1v) is 5.84. The van der Waals surface area contributed by atoms with Gasteiger partial charge in [-0.05, 0) is 19.1 Å². The minimum absolute atomic E-state index is 0.0550. The number of aromatic nitrogens is 2. The normalized spacial score (nSPS) is 10.7. The minimum Gasteiger partial charge on any atom is -0.294 e. The lowest BCUT2D eigenvalue weighted by Crippen LogP contribution is -2.06. The lowest BCUT2D eigenvalue weighted by atomic mass is 10.0. The van der Waals surface area contributed by atoms with Gasteiger partial charge in [0.1, 0.15) is 11.0 Å². The van der Waals surface area contributed by atoms with Crippen LogP contribution in [-0.4, -0.2) is 15.6 Å². The molecule has 0 aliphatic rings. The predicted molar refractivity (Wildman–Crippen MR) is 67.4 cm³/mol. The van der Waals surface area contributed by atoms with Gasteiger partial charge in [-0.25, -0.2) is 4.39 Å². The zero-order chi connectivity index (χ0) is 13.3. The lowest BCUT2D eigenvalue weighted by Gasteiger charge is -2.02. The second-order valence-electron chi connectivity index (χ2n) is 4.06. The fourth-order valence-corrected chi connectivity index (χ4v) is 2.06. The number of aryl methyl sites for hydroxylation is 2. The van der Waals surface area contributed by atoms with E-state index in [1.807, 2.05) is 0 Å². The van der Waals surface area contributed by atoms with Crippen LogP contribution < -0.4 is 0 Å². The van der Waals surface area contributed by atoms with Crippen molar-refractivity contribution in [2.75, 3.05) is 0 Å². The Balaban J connectivity index is 2.30. The Labute approximate surface area is 109 Å². The number of hydrogen-bond donors (Lipinski definition) is 0. The van der Waals surface area contributed by atoms with Crippen LogP contribution in [0.4, 0.5) is 4.39 Å². The summed E-state index contributed by atoms with van der Waals surface area (Å²) in [7, 11) is 1.70. The molecular formula is C13H12ClFN2O. The zero-order valence-electron chi connectivity index (χ0n) is 10.1. The first-order valence-electron chi connectivity index (χ1n) is 5.46. The first-order chi connectivity index (χ1) is 8.50. The minimum atomic E-state index is -0.514. The van der Waals surface area contributed by atoms with E-state index in [0.29, 0.717) is 16.4 Å². The number of Topliss-reactive ketones (excluding diaryl/α,β-unsaturated/α-hetero) is 1. The number of nitrogens with zero attached hydrogens (tertiary/aromatic N) is 2. The maximum Gasteiger partial charge on any atom is 0.170 e. The third kappa shape index (κ3) is 2.29. The van der Waals surface area contributed by atoms with Crippen LogP contribution in [0.25, 0.3) is 0 Å². The zero-order valence-corrected chi connectivity index (χ0v) is 10.8. The molecule has 0 unspecified atom stereocenters. The molecule has 0 atom stereocenters. The standard InChI is InChI=1S/C13H12ClFN2O/c1-8-10(13(14)17(2)16-8)7-12(18)9-5-3-4-6-11(9)15/h3-6H,7H2,1-2H3. The van der Waals surface area contributed by atoms with Crippen molar-refractivity contribution in [2.45, 2.75) is 13.3 Å². The van der Waals surface area contributed by atoms with Crippen molar-refractivity contribution in [3.63, 3.8) is 0 Å². The highest BCUT2D eigenvalue weighted by molar-refractivity contribution is 6.30. The molecular weight excluding hydrogens is 255 g/mol. The van der Waals surface area contributed by atoms with Gasteiger partial charge in [-0.3, -0.25) is 9.48 Å². The molecule has 94 valence electrons. The number of carbonyl (C=O) groups excluding carboxylic acids is 1. The third-order valence-corrected chi connectivity index (χ3v) is 3.25. The van der Waals surface area contributed by atoms with Crippen molar-refractivity contribution in [3.8, 4) is 0 Å². The summed E-state index contributed by atoms with van der Waals surface area (Å²) in [6, 6.07) is 5.92. The summed E-state index contributed by atoms with van der Waals surface area (Å²) in [6.45, 7) is 1.77. The van der Waals surface area contributed by atoms with Crippen molar-refractivity contribution in [3.05, 3.63) is 52.1 Å². The van der Waals surface area contributed by atoms with Crippen LogP contribution in [0.3, 0.4) is 0 Å². The number of benzene rings is 1. The molecule has 0 saturated heterocycles. The summed E-state index contributed by atoms with van der Waals surface area (Å²) >= 11 is 6.04. The van der Waals surface area contributed by atoms with Crippen molar-refractivity contribution in [1.82, 2.24) is 9.78 Å². The smallest absolute Gasteiger partial charge is 0.170 e. The molecule has 1 heterocycles. The van der Waals surface area contributed by atoms with Gasteiger partial charge in [0.25, 0.3) is 0 Å². The van der Waals surface area contributed by atoms with Gasteiger partial charge in [0, 0.05) is 19.0 Å². The average molecular weight is 267 g/mol. The molecule has 0 spiro atoms. The van der Waals surface area contributed by atoms with E-state index < -0.39 is 5.82 Å². The molecule has 0 amide bonds. The monoisotopic (exact) mass is 266 g/mol. The lowest BCUT2D eigenvalue weighted by molar-refractivity contribution is 0.0989. The second-order valence-corrected chi connectivity index (χ2v) is 4.42. The van der Waals surface area contributed by atoms with E-state index >= 15 is 0 Å². The maximum absolute atomic E-state index is 13.5. The van der Waals surface area contributed by atoms with Crippen LogP contribution in [0.15, 0.2) is 24.3 Å². The van der Waals surface area contributed by atoms with E-state index in [4.69, 9.17) is 11.6 Å². The largest absolute Gasteiger partial charge is 0.294 e. The Morgan fingerprint density at radius 1 is 1.44 bits per heavy atom. The fourth-order valence-electron chi connectivity index (χ4n) is 1.82. The van der Waals surface area contributed by atoms with Crippen molar-refractivity contribution in [2.24, 2.45) is 7.05 Å². The highest BCUT2D eigenvalue weighted by Crippen LogP contribution is 2.21. The number of hydrogen-bond acceptors (Lipinski definition) is 2. The average Bonchev–Trinajstić information content (AvgIpc) is 2.56. The van der Waals surface area contributed by atoms with Gasteiger partial charge in [0.05, 0.1) is 11.3 Å². The Morgan fingerprint density at radius 2 is 2.11 bits per heavy atom. The van der Waals surface area contributed by atoms with Crippen molar-refractivity contribution in [1.29, 1.82) is 0 Å². The molecule has 3 nitrogen and oxygen atoms in total. The number of rotatable bonds is 3. The Morgan fingerprint density at radius 3 is 2.67 bits per heavy atom. The SMILES string of the molecule is Cc1nn(C)c(Cl)c1CC(=O)c1ccccc1F. The van der Waals surface area contributed by atoms with Crippen LogP contribution in [0, 0.1) is 12.7 Å². The Kier molecular flexibility index (Phi) is 3.48. The molecule has 1 aromatic carbocycles. The summed E-state index contributed by atoms with van der Waals surface area (Å²) < 4.78 is 15.0. The number of ketones is 1. The van der Waals surface area contributed by atoms with Crippen molar-refractivity contribution >= 4 is 17.4 Å². The van der Waals surface area contributed by atoms with Gasteiger partial charge in [0.2, 0.25) is 0 Å². The van der Waals surface area contributed by atoms with Crippen LogP contribution in [0.1, 0.15) is 21.6 Å². The summed E-state index contributed by atoms with van der Waals surface area (Å²) in [5.74, 6) is -0.814. The van der Waals surface area contributed by atoms with E-state index in [1.165, 1.54) is 16.8 Å². The highest BCUT2D eigenvalue weighted by atomic mass is 35.5. The first kappa shape index (κ1) is 12.8. The van der Waals surface area contributed by atoms with E-state index in [-0.39, 0.29) is 17.8 Å². The van der Waals surface area contributed by atoms with Gasteiger partial charge in [-0.2, -0.15) is 5.10 Å². The molecule has 0 N–H and O–H groups in total. The maximum atomic E-state index is 13.5. The molecule has 2 rings (SSSR count). The Hall–Kier alpha value is -1.68. The fraction of sp³-hybridized carbons (Fsp3) is 0.231. The topological polar surface area (TPSA) is 34.9 Å². The van der Waals surface area contributed by atoms with Crippen LogP contribution in [0.5, 0.6) is 0 Å². The van der Waals surface area contributed by atoms with Gasteiger partial charge in [0.15, 0.2) is 5.78 Å². The highest BCUT2D eigenvalue weighted by Gasteiger charge is 2.17. The van der Waals surface area contributed by atoms with E-state index in [2.05, 4.69) is 5.10 Å². The summed E-state index contributed by atoms with van der Waals surface area (Å²) in [6.07, 6.45) is 0.0550. The van der Waals surface area contributed by atoms with Gasteiger partial charge in [-0.1, -0.05) is 23.7 Å². The summed E-state index contributed by atoms with van der Waals surface area (Å²) in [5.41, 5.74) is 1.41. The molecule has 0 aliphatic heterocycles. The van der Waals surface area contributed by atoms with Crippen molar-refractivity contribution < 1.29 is 9.18 Å². The molecule has 0 bridgehead atoms. The predicted octanol–water partition coefficient (Wildman–Crippen LogP) is 2.95. The van der Waals surface area contributed by atoms with Gasteiger partial charge >= 0.3 is 0 Å². The third-order valence-electron chi connectivity index (χ3n) is 2.78. The molecule has 18 heavy (non-hydrogen) atoms. The molecule has 0 radical (unpaired) electrons. The van der Waals surface area contributed by atoms with Crippen LogP contribution >= 0.6 is 11.6 Å². The van der Waals surface area contributed by atoms with Crippen LogP contribution in [-0.2, 0) is 13.5 Å². The van der Waals surface area contributed by atoms with E-state index in [0.717, 1.165) is 0 Å². The molecule has 2 aromatic rings. The molecule has 0 fully saturated rings.